The number of rotatable bonds is 5. The number of aryl methyl sites for hydroxylation is 2. The van der Waals surface area contributed by atoms with Gasteiger partial charge in [-0.2, -0.15) is 0 Å². The number of nitrogens with zero attached hydrogens (tertiary/aromatic N) is 2. The lowest BCUT2D eigenvalue weighted by Crippen LogP contribution is -2.41. The first-order chi connectivity index (χ1) is 12.3. The first kappa shape index (κ1) is 16.0. The van der Waals surface area contributed by atoms with Crippen LogP contribution in [0.15, 0.2) is 53.1 Å². The van der Waals surface area contributed by atoms with Gasteiger partial charge in [0.05, 0.1) is 25.0 Å². The van der Waals surface area contributed by atoms with E-state index in [-0.39, 0.29) is 5.91 Å². The predicted molar refractivity (Wildman–Crippen MR) is 95.7 cm³/mol. The standard InChI is InChI=1S/C20H22N2O3/c23-20(21-10-13-24-14-11-21)18-15-19-17(8-12-25-19)22(18)9-4-7-16-5-2-1-3-6-16/h1-3,5-6,8,12,15H,4,7,9-11,13-14H2. The summed E-state index contributed by atoms with van der Waals surface area (Å²) in [4.78, 5) is 14.8. The van der Waals surface area contributed by atoms with Gasteiger partial charge in [0, 0.05) is 31.8 Å². The van der Waals surface area contributed by atoms with Crippen molar-refractivity contribution in [2.45, 2.75) is 19.4 Å². The van der Waals surface area contributed by atoms with Crippen molar-refractivity contribution in [2.75, 3.05) is 26.3 Å². The number of carbonyl (C=O) groups excluding carboxylic acids is 1. The van der Waals surface area contributed by atoms with Gasteiger partial charge in [-0.1, -0.05) is 30.3 Å². The molecule has 5 heteroatoms. The summed E-state index contributed by atoms with van der Waals surface area (Å²) in [6, 6.07) is 14.2. The van der Waals surface area contributed by atoms with E-state index in [0.717, 1.165) is 30.5 Å². The van der Waals surface area contributed by atoms with Crippen molar-refractivity contribution in [2.24, 2.45) is 0 Å². The molecule has 0 atom stereocenters. The molecule has 1 aromatic carbocycles. The third-order valence-corrected chi connectivity index (χ3v) is 4.73. The van der Waals surface area contributed by atoms with Gasteiger partial charge in [-0.25, -0.2) is 0 Å². The van der Waals surface area contributed by atoms with Gasteiger partial charge in [-0.05, 0) is 18.4 Å². The topological polar surface area (TPSA) is 47.6 Å². The summed E-state index contributed by atoms with van der Waals surface area (Å²) in [7, 11) is 0. The molecule has 5 nitrogen and oxygen atoms in total. The highest BCUT2D eigenvalue weighted by Crippen LogP contribution is 2.23. The summed E-state index contributed by atoms with van der Waals surface area (Å²) in [5.41, 5.74) is 3.80. The Morgan fingerprint density at radius 2 is 1.88 bits per heavy atom. The van der Waals surface area contributed by atoms with Crippen LogP contribution in [-0.2, 0) is 17.7 Å². The molecule has 0 N–H and O–H groups in total. The van der Waals surface area contributed by atoms with Crippen molar-refractivity contribution < 1.29 is 13.9 Å². The highest BCUT2D eigenvalue weighted by Gasteiger charge is 2.23. The maximum atomic E-state index is 12.9. The number of ether oxygens (including phenoxy) is 1. The number of benzene rings is 1. The van der Waals surface area contributed by atoms with Crippen LogP contribution < -0.4 is 0 Å². The maximum Gasteiger partial charge on any atom is 0.270 e. The molecule has 4 rings (SSSR count). The van der Waals surface area contributed by atoms with Crippen LogP contribution in [0, 0.1) is 0 Å². The highest BCUT2D eigenvalue weighted by molar-refractivity contribution is 5.97. The summed E-state index contributed by atoms with van der Waals surface area (Å²) >= 11 is 0. The number of hydrogen-bond acceptors (Lipinski definition) is 3. The van der Waals surface area contributed by atoms with E-state index >= 15 is 0 Å². The van der Waals surface area contributed by atoms with Gasteiger partial charge in [0.15, 0.2) is 5.58 Å². The third kappa shape index (κ3) is 3.33. The lowest BCUT2D eigenvalue weighted by atomic mass is 10.1. The minimum Gasteiger partial charge on any atom is -0.463 e. The minimum atomic E-state index is 0.0643. The van der Waals surface area contributed by atoms with Crippen molar-refractivity contribution >= 4 is 17.0 Å². The molecule has 0 unspecified atom stereocenters. The van der Waals surface area contributed by atoms with Crippen molar-refractivity contribution in [3.05, 3.63) is 60.0 Å². The normalized spacial score (nSPS) is 15.0. The lowest BCUT2D eigenvalue weighted by Gasteiger charge is -2.27. The van der Waals surface area contributed by atoms with Gasteiger partial charge < -0.3 is 18.6 Å². The molecule has 1 saturated heterocycles. The Hall–Kier alpha value is -2.53. The second-order valence-corrected chi connectivity index (χ2v) is 6.35. The number of carbonyl (C=O) groups is 1. The third-order valence-electron chi connectivity index (χ3n) is 4.73. The molecule has 0 spiro atoms. The van der Waals surface area contributed by atoms with E-state index in [1.54, 1.807) is 6.26 Å². The Morgan fingerprint density at radius 3 is 2.68 bits per heavy atom. The van der Waals surface area contributed by atoms with Gasteiger partial charge in [-0.15, -0.1) is 0 Å². The van der Waals surface area contributed by atoms with Crippen LogP contribution in [-0.4, -0.2) is 41.7 Å². The number of fused-ring (bicyclic) bond motifs is 1. The quantitative estimate of drug-likeness (QED) is 0.717. The molecule has 3 aromatic rings. The van der Waals surface area contributed by atoms with Crippen LogP contribution in [0.3, 0.4) is 0 Å². The summed E-state index contributed by atoms with van der Waals surface area (Å²) < 4.78 is 13.0. The largest absolute Gasteiger partial charge is 0.463 e. The fourth-order valence-corrected chi connectivity index (χ4v) is 3.41. The van der Waals surface area contributed by atoms with E-state index in [4.69, 9.17) is 9.15 Å². The zero-order valence-corrected chi connectivity index (χ0v) is 14.2. The van der Waals surface area contributed by atoms with E-state index in [1.807, 2.05) is 23.1 Å². The number of aromatic nitrogens is 1. The second kappa shape index (κ2) is 7.15. The smallest absolute Gasteiger partial charge is 0.270 e. The van der Waals surface area contributed by atoms with Crippen molar-refractivity contribution in [3.63, 3.8) is 0 Å². The molecule has 1 aliphatic heterocycles. The summed E-state index contributed by atoms with van der Waals surface area (Å²) in [6.07, 6.45) is 3.65. The number of hydrogen-bond donors (Lipinski definition) is 0. The van der Waals surface area contributed by atoms with E-state index < -0.39 is 0 Å². The zero-order valence-electron chi connectivity index (χ0n) is 14.2. The molecule has 1 fully saturated rings. The first-order valence-electron chi connectivity index (χ1n) is 8.80. The van der Waals surface area contributed by atoms with E-state index in [9.17, 15) is 4.79 Å². The Bertz CT molecular complexity index is 844. The van der Waals surface area contributed by atoms with Crippen LogP contribution in [0.4, 0.5) is 0 Å². The number of amides is 1. The average Bonchev–Trinajstić information content (AvgIpc) is 3.25. The fraction of sp³-hybridized carbons (Fsp3) is 0.350. The molecule has 0 radical (unpaired) electrons. The van der Waals surface area contributed by atoms with E-state index in [0.29, 0.717) is 32.0 Å². The maximum absolute atomic E-state index is 12.9. The Kier molecular flexibility index (Phi) is 4.57. The molecule has 25 heavy (non-hydrogen) atoms. The molecule has 1 amide bonds. The van der Waals surface area contributed by atoms with Crippen LogP contribution in [0.2, 0.25) is 0 Å². The summed E-state index contributed by atoms with van der Waals surface area (Å²) in [6.45, 7) is 3.31. The van der Waals surface area contributed by atoms with E-state index in [1.165, 1.54) is 5.56 Å². The van der Waals surface area contributed by atoms with Crippen molar-refractivity contribution in [3.8, 4) is 0 Å². The van der Waals surface area contributed by atoms with Gasteiger partial charge in [-0.3, -0.25) is 4.79 Å². The molecule has 0 saturated carbocycles. The molecule has 1 aliphatic rings. The van der Waals surface area contributed by atoms with E-state index in [2.05, 4.69) is 28.8 Å². The van der Waals surface area contributed by atoms with Crippen molar-refractivity contribution in [1.82, 2.24) is 9.47 Å². The molecule has 3 heterocycles. The summed E-state index contributed by atoms with van der Waals surface area (Å²) in [5, 5.41) is 0. The highest BCUT2D eigenvalue weighted by atomic mass is 16.5. The lowest BCUT2D eigenvalue weighted by molar-refractivity contribution is 0.0296. The fourth-order valence-electron chi connectivity index (χ4n) is 3.41. The van der Waals surface area contributed by atoms with Crippen molar-refractivity contribution in [1.29, 1.82) is 0 Å². The zero-order chi connectivity index (χ0) is 17.1. The number of morpholine rings is 1. The first-order valence-corrected chi connectivity index (χ1v) is 8.80. The molecule has 130 valence electrons. The van der Waals surface area contributed by atoms with Gasteiger partial charge in [0.2, 0.25) is 0 Å². The molecular formula is C20H22N2O3. The Morgan fingerprint density at radius 1 is 1.08 bits per heavy atom. The Balaban J connectivity index is 1.54. The van der Waals surface area contributed by atoms with Crippen LogP contribution >= 0.6 is 0 Å². The van der Waals surface area contributed by atoms with Crippen LogP contribution in [0.1, 0.15) is 22.5 Å². The number of furan rings is 1. The second-order valence-electron chi connectivity index (χ2n) is 6.35. The average molecular weight is 338 g/mol. The van der Waals surface area contributed by atoms with Crippen LogP contribution in [0.5, 0.6) is 0 Å². The minimum absolute atomic E-state index is 0.0643. The van der Waals surface area contributed by atoms with Gasteiger partial charge in [0.1, 0.15) is 5.69 Å². The predicted octanol–water partition coefficient (Wildman–Crippen LogP) is 3.34. The monoisotopic (exact) mass is 338 g/mol. The SMILES string of the molecule is O=C(c1cc2occc2n1CCCc1ccccc1)N1CCOCC1. The molecule has 0 aliphatic carbocycles. The summed E-state index contributed by atoms with van der Waals surface area (Å²) in [5.74, 6) is 0.0643. The Labute approximate surface area is 146 Å². The molecule has 2 aromatic heterocycles. The van der Waals surface area contributed by atoms with Crippen LogP contribution in [0.25, 0.3) is 11.1 Å². The van der Waals surface area contributed by atoms with Gasteiger partial charge in [0.25, 0.3) is 5.91 Å². The molecular weight excluding hydrogens is 316 g/mol. The molecule has 0 bridgehead atoms. The van der Waals surface area contributed by atoms with Gasteiger partial charge >= 0.3 is 0 Å².